The zero-order valence-corrected chi connectivity index (χ0v) is 12.6. The molecule has 0 fully saturated rings. The topological polar surface area (TPSA) is 33.2 Å². The van der Waals surface area contributed by atoms with Crippen molar-refractivity contribution in [1.29, 1.82) is 0 Å². The van der Waals surface area contributed by atoms with Crippen molar-refractivity contribution in [1.82, 2.24) is 9.88 Å². The van der Waals surface area contributed by atoms with Gasteiger partial charge < -0.3 is 4.90 Å². The van der Waals surface area contributed by atoms with E-state index in [0.29, 0.717) is 23.0 Å². The van der Waals surface area contributed by atoms with Crippen LogP contribution >= 0.6 is 15.9 Å². The summed E-state index contributed by atoms with van der Waals surface area (Å²) in [5.74, 6) is -0.516. The number of nitrogens with zero attached hydrogens (tertiary/aromatic N) is 2. The van der Waals surface area contributed by atoms with Gasteiger partial charge in [-0.25, -0.2) is 4.39 Å². The van der Waals surface area contributed by atoms with E-state index in [0.717, 1.165) is 5.69 Å². The fraction of sp³-hybridized carbons (Fsp3) is 0.200. The van der Waals surface area contributed by atoms with Crippen LogP contribution in [0, 0.1) is 5.82 Å². The third-order valence-electron chi connectivity index (χ3n) is 2.94. The number of pyridine rings is 1. The first-order valence-electron chi connectivity index (χ1n) is 6.18. The molecule has 0 N–H and O–H groups in total. The van der Waals surface area contributed by atoms with Crippen molar-refractivity contribution in [3.05, 3.63) is 64.1 Å². The molecule has 1 amide bonds. The Kier molecular flexibility index (Phi) is 4.84. The van der Waals surface area contributed by atoms with Gasteiger partial charge in [0, 0.05) is 36.4 Å². The number of likely N-dealkylation sites (N-methyl/N-ethyl adjacent to an activating group) is 1. The average Bonchev–Trinajstić information content (AvgIpc) is 2.45. The van der Waals surface area contributed by atoms with Crippen LogP contribution in [-0.2, 0) is 6.42 Å². The summed E-state index contributed by atoms with van der Waals surface area (Å²) in [5.41, 5.74) is 1.39. The second kappa shape index (κ2) is 6.61. The Morgan fingerprint density at radius 1 is 1.35 bits per heavy atom. The van der Waals surface area contributed by atoms with E-state index in [2.05, 4.69) is 20.9 Å². The van der Waals surface area contributed by atoms with Gasteiger partial charge in [-0.1, -0.05) is 6.07 Å². The van der Waals surface area contributed by atoms with Crippen molar-refractivity contribution in [3.63, 3.8) is 0 Å². The molecule has 1 heterocycles. The van der Waals surface area contributed by atoms with Crippen molar-refractivity contribution in [2.45, 2.75) is 6.42 Å². The van der Waals surface area contributed by atoms with Crippen LogP contribution in [-0.4, -0.2) is 29.4 Å². The zero-order chi connectivity index (χ0) is 14.5. The molecule has 0 bridgehead atoms. The Bertz CT molecular complexity index is 604. The van der Waals surface area contributed by atoms with E-state index in [9.17, 15) is 9.18 Å². The molecule has 3 nitrogen and oxygen atoms in total. The molecule has 1 aromatic carbocycles. The molecular formula is C15H14BrFN2O. The van der Waals surface area contributed by atoms with Crippen LogP contribution in [0.15, 0.2) is 47.1 Å². The molecule has 0 atom stereocenters. The highest BCUT2D eigenvalue weighted by molar-refractivity contribution is 9.10. The maximum Gasteiger partial charge on any atom is 0.254 e. The van der Waals surface area contributed by atoms with E-state index in [1.54, 1.807) is 18.1 Å². The van der Waals surface area contributed by atoms with E-state index in [1.165, 1.54) is 18.2 Å². The summed E-state index contributed by atoms with van der Waals surface area (Å²) < 4.78 is 13.5. The maximum atomic E-state index is 13.0. The minimum Gasteiger partial charge on any atom is -0.341 e. The van der Waals surface area contributed by atoms with Crippen LogP contribution in [0.5, 0.6) is 0 Å². The first-order valence-corrected chi connectivity index (χ1v) is 6.97. The lowest BCUT2D eigenvalue weighted by molar-refractivity contribution is 0.0795. The molecule has 0 unspecified atom stereocenters. The number of carbonyl (C=O) groups excluding carboxylic acids is 1. The second-order valence-electron chi connectivity index (χ2n) is 4.42. The van der Waals surface area contributed by atoms with E-state index in [1.807, 2.05) is 18.2 Å². The number of hydrogen-bond acceptors (Lipinski definition) is 2. The molecule has 0 saturated carbocycles. The monoisotopic (exact) mass is 336 g/mol. The van der Waals surface area contributed by atoms with Gasteiger partial charge in [0.25, 0.3) is 5.91 Å². The number of aromatic nitrogens is 1. The normalized spacial score (nSPS) is 10.3. The number of hydrogen-bond donors (Lipinski definition) is 0. The summed E-state index contributed by atoms with van der Waals surface area (Å²) in [4.78, 5) is 18.1. The van der Waals surface area contributed by atoms with E-state index in [-0.39, 0.29) is 11.7 Å². The molecule has 2 rings (SSSR count). The highest BCUT2D eigenvalue weighted by atomic mass is 79.9. The SMILES string of the molecule is CN(CCc1ccccn1)C(=O)c1ccc(F)cc1Br. The lowest BCUT2D eigenvalue weighted by Gasteiger charge is -2.17. The van der Waals surface area contributed by atoms with Gasteiger partial charge in [0.05, 0.1) is 5.56 Å². The predicted molar refractivity (Wildman–Crippen MR) is 79.0 cm³/mol. The minimum absolute atomic E-state index is 0.146. The van der Waals surface area contributed by atoms with Crippen molar-refractivity contribution in [3.8, 4) is 0 Å². The molecule has 0 aliphatic rings. The van der Waals surface area contributed by atoms with Gasteiger partial charge in [-0.2, -0.15) is 0 Å². The molecule has 2 aromatic rings. The number of rotatable bonds is 4. The standard InChI is InChI=1S/C15H14BrFN2O/c1-19(9-7-12-4-2-3-8-18-12)15(20)13-6-5-11(17)10-14(13)16/h2-6,8,10H,7,9H2,1H3. The van der Waals surface area contributed by atoms with Crippen LogP contribution in [0.2, 0.25) is 0 Å². The van der Waals surface area contributed by atoms with Crippen LogP contribution in [0.1, 0.15) is 16.1 Å². The molecule has 0 saturated heterocycles. The zero-order valence-electron chi connectivity index (χ0n) is 11.0. The molecule has 104 valence electrons. The Morgan fingerprint density at radius 2 is 2.15 bits per heavy atom. The first kappa shape index (κ1) is 14.7. The van der Waals surface area contributed by atoms with Gasteiger partial charge in [-0.05, 0) is 46.3 Å². The van der Waals surface area contributed by atoms with Gasteiger partial charge in [0.2, 0.25) is 0 Å². The molecule has 0 radical (unpaired) electrons. The second-order valence-corrected chi connectivity index (χ2v) is 5.28. The third-order valence-corrected chi connectivity index (χ3v) is 3.59. The van der Waals surface area contributed by atoms with E-state index < -0.39 is 0 Å². The number of amides is 1. The summed E-state index contributed by atoms with van der Waals surface area (Å²) in [7, 11) is 1.72. The fourth-order valence-corrected chi connectivity index (χ4v) is 2.32. The number of halogens is 2. The van der Waals surface area contributed by atoms with Crippen LogP contribution in [0.4, 0.5) is 4.39 Å². The Morgan fingerprint density at radius 3 is 2.80 bits per heavy atom. The van der Waals surface area contributed by atoms with Crippen LogP contribution < -0.4 is 0 Å². The highest BCUT2D eigenvalue weighted by Crippen LogP contribution is 2.19. The summed E-state index contributed by atoms with van der Waals surface area (Å²) in [6, 6.07) is 9.75. The summed E-state index contributed by atoms with van der Waals surface area (Å²) in [5, 5.41) is 0. The lowest BCUT2D eigenvalue weighted by Crippen LogP contribution is -2.29. The molecule has 0 aliphatic carbocycles. The Balaban J connectivity index is 2.01. The number of benzene rings is 1. The molecule has 5 heteroatoms. The third kappa shape index (κ3) is 3.63. The van der Waals surface area contributed by atoms with Crippen LogP contribution in [0.25, 0.3) is 0 Å². The van der Waals surface area contributed by atoms with Gasteiger partial charge >= 0.3 is 0 Å². The van der Waals surface area contributed by atoms with E-state index in [4.69, 9.17) is 0 Å². The fourth-order valence-electron chi connectivity index (χ4n) is 1.80. The highest BCUT2D eigenvalue weighted by Gasteiger charge is 2.15. The molecule has 1 aromatic heterocycles. The largest absolute Gasteiger partial charge is 0.341 e. The lowest BCUT2D eigenvalue weighted by atomic mass is 10.2. The molecule has 0 spiro atoms. The first-order chi connectivity index (χ1) is 9.58. The van der Waals surface area contributed by atoms with Gasteiger partial charge in [-0.3, -0.25) is 9.78 Å². The minimum atomic E-state index is -0.371. The quantitative estimate of drug-likeness (QED) is 0.858. The van der Waals surface area contributed by atoms with Crippen LogP contribution in [0.3, 0.4) is 0 Å². The molecule has 0 aliphatic heterocycles. The van der Waals surface area contributed by atoms with Crippen molar-refractivity contribution in [2.75, 3.05) is 13.6 Å². The Hall–Kier alpha value is -1.75. The van der Waals surface area contributed by atoms with Crippen molar-refractivity contribution in [2.24, 2.45) is 0 Å². The van der Waals surface area contributed by atoms with Gasteiger partial charge in [0.15, 0.2) is 0 Å². The summed E-state index contributed by atoms with van der Waals surface area (Å²) in [6.07, 6.45) is 2.41. The van der Waals surface area contributed by atoms with Crippen molar-refractivity contribution >= 4 is 21.8 Å². The summed E-state index contributed by atoms with van der Waals surface area (Å²) in [6.45, 7) is 0.555. The average molecular weight is 337 g/mol. The maximum absolute atomic E-state index is 13.0. The van der Waals surface area contributed by atoms with Crippen molar-refractivity contribution < 1.29 is 9.18 Å². The molecular weight excluding hydrogens is 323 g/mol. The number of carbonyl (C=O) groups is 1. The van der Waals surface area contributed by atoms with Gasteiger partial charge in [-0.15, -0.1) is 0 Å². The Labute approximate surface area is 125 Å². The molecule has 20 heavy (non-hydrogen) atoms. The predicted octanol–water partition coefficient (Wildman–Crippen LogP) is 3.30. The summed E-state index contributed by atoms with van der Waals surface area (Å²) >= 11 is 3.21. The smallest absolute Gasteiger partial charge is 0.254 e. The van der Waals surface area contributed by atoms with Gasteiger partial charge in [0.1, 0.15) is 5.82 Å². The van der Waals surface area contributed by atoms with E-state index >= 15 is 0 Å².